The monoisotopic (exact) mass is 526 g/mol. The van der Waals surface area contributed by atoms with Crippen LogP contribution in [0.5, 0.6) is 0 Å². The van der Waals surface area contributed by atoms with Gasteiger partial charge in [-0.1, -0.05) is 149 Å². The molecule has 0 saturated heterocycles. The topological polar surface area (TPSA) is 36.9 Å². The van der Waals surface area contributed by atoms with Crippen LogP contribution in [0.4, 0.5) is 0 Å². The van der Waals surface area contributed by atoms with Crippen LogP contribution in [-0.4, -0.2) is 27.1 Å². The number of hydrogen-bond donors (Lipinski definition) is 0. The first-order valence-corrected chi connectivity index (χ1v) is 16.4. The molecular formula is C33H66O4. The zero-order valence-corrected chi connectivity index (χ0v) is 25.7. The van der Waals surface area contributed by atoms with Crippen LogP contribution < -0.4 is 0 Å². The molecule has 0 aromatic carbocycles. The molecule has 0 aromatic rings. The van der Waals surface area contributed by atoms with Crippen molar-refractivity contribution in [3.05, 3.63) is 11.7 Å². The standard InChI is InChI=1S/C33H66O4/c1-5-8-11-14-17-20-23-26-29-35-32(28-25-22-19-16-13-10-7-3)33(37-31-34-4)36-30-27-24-21-18-15-12-9-6-2/h5-31H2,1-4H3. The lowest BCUT2D eigenvalue weighted by Crippen LogP contribution is -2.09. The van der Waals surface area contributed by atoms with E-state index in [1.54, 1.807) is 7.11 Å². The molecule has 0 aliphatic heterocycles. The van der Waals surface area contributed by atoms with Gasteiger partial charge in [0.05, 0.1) is 13.2 Å². The summed E-state index contributed by atoms with van der Waals surface area (Å²) in [4.78, 5) is 0. The van der Waals surface area contributed by atoms with E-state index in [2.05, 4.69) is 20.8 Å². The molecule has 0 bridgehead atoms. The van der Waals surface area contributed by atoms with E-state index in [0.29, 0.717) is 12.6 Å². The average molecular weight is 527 g/mol. The summed E-state index contributed by atoms with van der Waals surface area (Å²) in [5.41, 5.74) is 0. The Morgan fingerprint density at radius 3 is 1.22 bits per heavy atom. The van der Waals surface area contributed by atoms with Gasteiger partial charge in [-0.05, 0) is 19.3 Å². The average Bonchev–Trinajstić information content (AvgIpc) is 2.91. The molecule has 222 valence electrons. The first-order valence-electron chi connectivity index (χ1n) is 16.4. The Morgan fingerprint density at radius 1 is 0.405 bits per heavy atom. The van der Waals surface area contributed by atoms with Crippen molar-refractivity contribution in [3.8, 4) is 0 Å². The highest BCUT2D eigenvalue weighted by molar-refractivity contribution is 4.95. The van der Waals surface area contributed by atoms with Gasteiger partial charge in [-0.15, -0.1) is 0 Å². The van der Waals surface area contributed by atoms with E-state index >= 15 is 0 Å². The zero-order chi connectivity index (χ0) is 27.1. The summed E-state index contributed by atoms with van der Waals surface area (Å²) in [5, 5.41) is 0. The van der Waals surface area contributed by atoms with E-state index in [-0.39, 0.29) is 6.79 Å². The molecule has 0 N–H and O–H groups in total. The molecule has 0 aliphatic carbocycles. The summed E-state index contributed by atoms with van der Waals surface area (Å²) in [6, 6.07) is 0. The SMILES string of the molecule is CCCCCCCCCCOC(CCCCCCCCC)=C(OCCCCCCCCCC)OCOC. The van der Waals surface area contributed by atoms with Crippen LogP contribution in [0.25, 0.3) is 0 Å². The molecule has 0 spiro atoms. The van der Waals surface area contributed by atoms with Crippen molar-refractivity contribution in [2.45, 2.75) is 175 Å². The van der Waals surface area contributed by atoms with Crippen LogP contribution >= 0.6 is 0 Å². The van der Waals surface area contributed by atoms with Crippen molar-refractivity contribution in [2.75, 3.05) is 27.1 Å². The van der Waals surface area contributed by atoms with Gasteiger partial charge in [0.2, 0.25) is 0 Å². The molecular weight excluding hydrogens is 460 g/mol. The molecule has 0 aromatic heterocycles. The number of hydrogen-bond acceptors (Lipinski definition) is 4. The summed E-state index contributed by atoms with van der Waals surface area (Å²) in [6.45, 7) is 8.47. The Balaban J connectivity index is 4.58. The van der Waals surface area contributed by atoms with Crippen LogP contribution in [0.15, 0.2) is 11.7 Å². The zero-order valence-electron chi connectivity index (χ0n) is 25.7. The summed E-state index contributed by atoms with van der Waals surface area (Å²) in [6.07, 6.45) is 30.7. The molecule has 0 heterocycles. The van der Waals surface area contributed by atoms with Crippen molar-refractivity contribution >= 4 is 0 Å². The number of unbranched alkanes of at least 4 members (excludes halogenated alkanes) is 20. The Morgan fingerprint density at radius 2 is 0.784 bits per heavy atom. The lowest BCUT2D eigenvalue weighted by atomic mass is 10.1. The van der Waals surface area contributed by atoms with Gasteiger partial charge in [0.15, 0.2) is 12.6 Å². The van der Waals surface area contributed by atoms with E-state index in [0.717, 1.165) is 38.0 Å². The van der Waals surface area contributed by atoms with Gasteiger partial charge in [-0.25, -0.2) is 0 Å². The maximum absolute atomic E-state index is 6.30. The molecule has 0 saturated carbocycles. The van der Waals surface area contributed by atoms with Gasteiger partial charge < -0.3 is 18.9 Å². The fourth-order valence-corrected chi connectivity index (χ4v) is 4.62. The molecule has 0 fully saturated rings. The van der Waals surface area contributed by atoms with E-state index in [9.17, 15) is 0 Å². The summed E-state index contributed by atoms with van der Waals surface area (Å²) >= 11 is 0. The first-order chi connectivity index (χ1) is 18.3. The van der Waals surface area contributed by atoms with Gasteiger partial charge in [0.1, 0.15) is 0 Å². The lowest BCUT2D eigenvalue weighted by Gasteiger charge is -2.17. The molecule has 4 heteroatoms. The van der Waals surface area contributed by atoms with E-state index in [1.807, 2.05) is 0 Å². The second-order valence-corrected chi connectivity index (χ2v) is 10.8. The minimum Gasteiger partial charge on any atom is -0.491 e. The predicted octanol–water partition coefficient (Wildman–Crippen LogP) is 11.2. The Hall–Kier alpha value is -0.900. The normalized spacial score (nSPS) is 12.0. The number of ether oxygens (including phenoxy) is 4. The number of methoxy groups -OCH3 is 1. The number of allylic oxidation sites excluding steroid dienone is 1. The first kappa shape index (κ1) is 36.1. The summed E-state index contributed by atoms with van der Waals surface area (Å²) in [5.74, 6) is 1.46. The second-order valence-electron chi connectivity index (χ2n) is 10.8. The summed E-state index contributed by atoms with van der Waals surface area (Å²) < 4.78 is 23.5. The molecule has 0 rings (SSSR count). The van der Waals surface area contributed by atoms with Gasteiger partial charge in [0, 0.05) is 13.5 Å². The minimum absolute atomic E-state index is 0.203. The van der Waals surface area contributed by atoms with Crippen LogP contribution in [0.1, 0.15) is 175 Å². The van der Waals surface area contributed by atoms with Crippen LogP contribution in [0.2, 0.25) is 0 Å². The fourth-order valence-electron chi connectivity index (χ4n) is 4.62. The van der Waals surface area contributed by atoms with Gasteiger partial charge in [-0.2, -0.15) is 0 Å². The highest BCUT2D eigenvalue weighted by Gasteiger charge is 2.13. The Labute approximate surface area is 232 Å². The van der Waals surface area contributed by atoms with Crippen molar-refractivity contribution in [1.29, 1.82) is 0 Å². The molecule has 0 atom stereocenters. The minimum atomic E-state index is 0.203. The van der Waals surface area contributed by atoms with Crippen molar-refractivity contribution in [3.63, 3.8) is 0 Å². The van der Waals surface area contributed by atoms with Gasteiger partial charge in [0.25, 0.3) is 0 Å². The number of rotatable bonds is 31. The van der Waals surface area contributed by atoms with Gasteiger partial charge in [-0.3, -0.25) is 0 Å². The molecule has 0 radical (unpaired) electrons. The van der Waals surface area contributed by atoms with Crippen molar-refractivity contribution < 1.29 is 18.9 Å². The summed E-state index contributed by atoms with van der Waals surface area (Å²) in [7, 11) is 1.66. The Kier molecular flexibility index (Phi) is 30.6. The maximum Gasteiger partial charge on any atom is 0.321 e. The smallest absolute Gasteiger partial charge is 0.321 e. The van der Waals surface area contributed by atoms with E-state index in [1.165, 1.54) is 128 Å². The third-order valence-electron chi connectivity index (χ3n) is 7.05. The molecule has 0 amide bonds. The highest BCUT2D eigenvalue weighted by Crippen LogP contribution is 2.20. The lowest BCUT2D eigenvalue weighted by molar-refractivity contribution is -0.0692. The largest absolute Gasteiger partial charge is 0.491 e. The van der Waals surface area contributed by atoms with Crippen molar-refractivity contribution in [2.24, 2.45) is 0 Å². The van der Waals surface area contributed by atoms with Crippen LogP contribution in [-0.2, 0) is 18.9 Å². The van der Waals surface area contributed by atoms with Crippen LogP contribution in [0.3, 0.4) is 0 Å². The van der Waals surface area contributed by atoms with Gasteiger partial charge >= 0.3 is 5.95 Å². The fraction of sp³-hybridized carbons (Fsp3) is 0.939. The molecule has 37 heavy (non-hydrogen) atoms. The second kappa shape index (κ2) is 31.3. The maximum atomic E-state index is 6.30. The third kappa shape index (κ3) is 26.5. The Bertz CT molecular complexity index is 463. The van der Waals surface area contributed by atoms with E-state index in [4.69, 9.17) is 18.9 Å². The third-order valence-corrected chi connectivity index (χ3v) is 7.05. The quantitative estimate of drug-likeness (QED) is 0.0511. The molecule has 0 aliphatic rings. The predicted molar refractivity (Wildman–Crippen MR) is 160 cm³/mol. The van der Waals surface area contributed by atoms with Crippen molar-refractivity contribution in [1.82, 2.24) is 0 Å². The van der Waals surface area contributed by atoms with Crippen LogP contribution in [0, 0.1) is 0 Å². The highest BCUT2D eigenvalue weighted by atomic mass is 16.7. The molecule has 0 unspecified atom stereocenters. The van der Waals surface area contributed by atoms with E-state index < -0.39 is 0 Å². The molecule has 4 nitrogen and oxygen atoms in total.